The Morgan fingerprint density at radius 1 is 1.23 bits per heavy atom. The zero-order chi connectivity index (χ0) is 18.9. The molecule has 9 heteroatoms. The number of aryl methyl sites for hydroxylation is 1. The van der Waals surface area contributed by atoms with E-state index < -0.39 is 21.8 Å². The minimum atomic E-state index is -3.87. The summed E-state index contributed by atoms with van der Waals surface area (Å²) < 4.78 is 41.7. The molecule has 0 atom stereocenters. The first kappa shape index (κ1) is 17.9. The predicted octanol–water partition coefficient (Wildman–Crippen LogP) is 2.62. The van der Waals surface area contributed by atoms with Gasteiger partial charge in [-0.05, 0) is 42.5 Å². The van der Waals surface area contributed by atoms with E-state index in [1.807, 2.05) is 6.92 Å². The number of anilines is 1. The van der Waals surface area contributed by atoms with Crippen molar-refractivity contribution < 1.29 is 22.7 Å². The first-order valence-electron chi connectivity index (χ1n) is 7.79. The number of hydrogen-bond acceptors (Lipinski definition) is 4. The van der Waals surface area contributed by atoms with Gasteiger partial charge in [-0.1, -0.05) is 6.92 Å². The summed E-state index contributed by atoms with van der Waals surface area (Å²) in [4.78, 5) is 15.4. The largest absolute Gasteiger partial charge is 0.480 e. The molecule has 0 amide bonds. The van der Waals surface area contributed by atoms with Crippen LogP contribution in [0.2, 0.25) is 0 Å². The van der Waals surface area contributed by atoms with Gasteiger partial charge < -0.3 is 9.67 Å². The highest BCUT2D eigenvalue weighted by molar-refractivity contribution is 7.92. The monoisotopic (exact) mass is 377 g/mol. The van der Waals surface area contributed by atoms with Crippen LogP contribution in [0.25, 0.3) is 11.0 Å². The number of nitrogens with zero attached hydrogens (tertiary/aromatic N) is 2. The first-order chi connectivity index (χ1) is 12.3. The number of carboxylic acid groups (broad SMARTS) is 1. The molecule has 1 aromatic heterocycles. The van der Waals surface area contributed by atoms with Crippen molar-refractivity contribution in [3.63, 3.8) is 0 Å². The van der Waals surface area contributed by atoms with Crippen LogP contribution in [-0.4, -0.2) is 29.0 Å². The molecule has 2 aromatic carbocycles. The number of fused-ring (bicyclic) bond motifs is 1. The van der Waals surface area contributed by atoms with Crippen LogP contribution in [0.15, 0.2) is 47.4 Å². The SMILES string of the molecule is CCc1nc2cc(NS(=O)(=O)c3ccc(F)cc3)ccc2n1CC(=O)O. The molecule has 3 rings (SSSR count). The van der Waals surface area contributed by atoms with Gasteiger partial charge in [-0.3, -0.25) is 9.52 Å². The third-order valence-electron chi connectivity index (χ3n) is 3.81. The summed E-state index contributed by atoms with van der Waals surface area (Å²) >= 11 is 0. The molecule has 0 saturated heterocycles. The van der Waals surface area contributed by atoms with E-state index >= 15 is 0 Å². The van der Waals surface area contributed by atoms with Crippen molar-refractivity contribution in [2.24, 2.45) is 0 Å². The molecule has 7 nitrogen and oxygen atoms in total. The van der Waals surface area contributed by atoms with E-state index in [-0.39, 0.29) is 17.1 Å². The third kappa shape index (κ3) is 3.52. The van der Waals surface area contributed by atoms with Gasteiger partial charge >= 0.3 is 5.97 Å². The highest BCUT2D eigenvalue weighted by Crippen LogP contribution is 2.23. The van der Waals surface area contributed by atoms with Gasteiger partial charge in [0.2, 0.25) is 0 Å². The number of hydrogen-bond donors (Lipinski definition) is 2. The lowest BCUT2D eigenvalue weighted by Gasteiger charge is -2.08. The molecule has 0 fully saturated rings. The summed E-state index contributed by atoms with van der Waals surface area (Å²) in [5.41, 5.74) is 1.38. The van der Waals surface area contributed by atoms with Crippen LogP contribution in [0.4, 0.5) is 10.1 Å². The number of rotatable bonds is 6. The number of carboxylic acids is 1. The lowest BCUT2D eigenvalue weighted by Crippen LogP contribution is -2.13. The molecule has 0 aliphatic carbocycles. The number of halogens is 1. The summed E-state index contributed by atoms with van der Waals surface area (Å²) in [7, 11) is -3.87. The van der Waals surface area contributed by atoms with Crippen LogP contribution in [0.3, 0.4) is 0 Å². The fourth-order valence-electron chi connectivity index (χ4n) is 2.65. The zero-order valence-electron chi connectivity index (χ0n) is 13.8. The summed E-state index contributed by atoms with van der Waals surface area (Å²) in [5, 5.41) is 9.05. The number of aromatic nitrogens is 2. The maximum atomic E-state index is 13.0. The molecule has 136 valence electrons. The van der Waals surface area contributed by atoms with Gasteiger partial charge in [0, 0.05) is 6.42 Å². The van der Waals surface area contributed by atoms with Crippen LogP contribution in [-0.2, 0) is 27.8 Å². The second-order valence-corrected chi connectivity index (χ2v) is 7.31. The van der Waals surface area contributed by atoms with Crippen molar-refractivity contribution in [3.8, 4) is 0 Å². The number of aliphatic carboxylic acids is 1. The number of imidazole rings is 1. The maximum absolute atomic E-state index is 13.0. The molecular formula is C17H16FN3O4S. The fraction of sp³-hybridized carbons (Fsp3) is 0.176. The Morgan fingerprint density at radius 2 is 1.92 bits per heavy atom. The lowest BCUT2D eigenvalue weighted by atomic mass is 10.3. The van der Waals surface area contributed by atoms with Gasteiger partial charge in [-0.15, -0.1) is 0 Å². The Labute approximate surface area is 149 Å². The van der Waals surface area contributed by atoms with E-state index in [0.29, 0.717) is 23.3 Å². The molecule has 26 heavy (non-hydrogen) atoms. The number of sulfonamides is 1. The van der Waals surface area contributed by atoms with E-state index in [9.17, 15) is 17.6 Å². The minimum Gasteiger partial charge on any atom is -0.480 e. The Morgan fingerprint density at radius 3 is 2.54 bits per heavy atom. The van der Waals surface area contributed by atoms with E-state index in [1.54, 1.807) is 10.6 Å². The molecule has 0 aliphatic heterocycles. The van der Waals surface area contributed by atoms with Gasteiger partial charge in [0.25, 0.3) is 10.0 Å². The molecule has 3 aromatic rings. The molecule has 0 aliphatic rings. The Bertz CT molecular complexity index is 1080. The molecule has 0 saturated carbocycles. The maximum Gasteiger partial charge on any atom is 0.323 e. The van der Waals surface area contributed by atoms with Gasteiger partial charge in [0.1, 0.15) is 18.2 Å². The predicted molar refractivity (Wildman–Crippen MR) is 94.0 cm³/mol. The number of carbonyl (C=O) groups is 1. The topological polar surface area (TPSA) is 101 Å². The van der Waals surface area contributed by atoms with Crippen LogP contribution in [0, 0.1) is 5.82 Å². The molecule has 1 heterocycles. The van der Waals surface area contributed by atoms with Crippen molar-refractivity contribution in [1.82, 2.24) is 9.55 Å². The molecule has 2 N–H and O–H groups in total. The zero-order valence-corrected chi connectivity index (χ0v) is 14.6. The van der Waals surface area contributed by atoms with Crippen LogP contribution < -0.4 is 4.72 Å². The van der Waals surface area contributed by atoms with Crippen molar-refractivity contribution in [2.75, 3.05) is 4.72 Å². The summed E-state index contributed by atoms with van der Waals surface area (Å²) in [6.07, 6.45) is 0.540. The number of benzene rings is 2. The smallest absolute Gasteiger partial charge is 0.323 e. The molecule has 0 bridgehead atoms. The van der Waals surface area contributed by atoms with Gasteiger partial charge in [-0.2, -0.15) is 0 Å². The first-order valence-corrected chi connectivity index (χ1v) is 9.28. The fourth-order valence-corrected chi connectivity index (χ4v) is 3.70. The average Bonchev–Trinajstić information content (AvgIpc) is 2.91. The summed E-state index contributed by atoms with van der Waals surface area (Å²) in [6.45, 7) is 1.64. The van der Waals surface area contributed by atoms with E-state index in [0.717, 1.165) is 12.1 Å². The van der Waals surface area contributed by atoms with Crippen molar-refractivity contribution in [1.29, 1.82) is 0 Å². The van der Waals surface area contributed by atoms with E-state index in [2.05, 4.69) is 9.71 Å². The van der Waals surface area contributed by atoms with Gasteiger partial charge in [-0.25, -0.2) is 17.8 Å². The van der Waals surface area contributed by atoms with Crippen molar-refractivity contribution >= 4 is 32.7 Å². The Hall–Kier alpha value is -2.94. The minimum absolute atomic E-state index is 0.0651. The molecule has 0 radical (unpaired) electrons. The quantitative estimate of drug-likeness (QED) is 0.688. The van der Waals surface area contributed by atoms with Crippen LogP contribution in [0.1, 0.15) is 12.7 Å². The highest BCUT2D eigenvalue weighted by Gasteiger charge is 2.16. The van der Waals surface area contributed by atoms with Gasteiger partial charge in [0.05, 0.1) is 21.6 Å². The summed E-state index contributed by atoms with van der Waals surface area (Å²) in [6, 6.07) is 9.17. The molecular weight excluding hydrogens is 361 g/mol. The van der Waals surface area contributed by atoms with Crippen molar-refractivity contribution in [3.05, 3.63) is 54.1 Å². The lowest BCUT2D eigenvalue weighted by molar-refractivity contribution is -0.137. The molecule has 0 unspecified atom stereocenters. The van der Waals surface area contributed by atoms with E-state index in [4.69, 9.17) is 5.11 Å². The Kier molecular flexibility index (Phi) is 4.64. The Balaban J connectivity index is 1.96. The normalized spacial score (nSPS) is 11.6. The van der Waals surface area contributed by atoms with Crippen molar-refractivity contribution in [2.45, 2.75) is 24.8 Å². The summed E-state index contributed by atoms with van der Waals surface area (Å²) in [5.74, 6) is -0.914. The number of nitrogens with one attached hydrogen (secondary N) is 1. The van der Waals surface area contributed by atoms with Gasteiger partial charge in [0.15, 0.2) is 0 Å². The van der Waals surface area contributed by atoms with Crippen LogP contribution in [0.5, 0.6) is 0 Å². The standard InChI is InChI=1S/C17H16FN3O4S/c1-2-16-19-14-9-12(5-8-15(14)21(16)10-17(22)23)20-26(24,25)13-6-3-11(18)4-7-13/h3-9,20H,2,10H2,1H3,(H,22,23). The van der Waals surface area contributed by atoms with Crippen LogP contribution >= 0.6 is 0 Å². The van der Waals surface area contributed by atoms with E-state index in [1.165, 1.54) is 24.3 Å². The second kappa shape index (κ2) is 6.75. The third-order valence-corrected chi connectivity index (χ3v) is 5.21. The average molecular weight is 377 g/mol. The molecule has 0 spiro atoms. The highest BCUT2D eigenvalue weighted by atomic mass is 32.2. The second-order valence-electron chi connectivity index (χ2n) is 5.62.